The topological polar surface area (TPSA) is 46.5 Å². The summed E-state index contributed by atoms with van der Waals surface area (Å²) in [5.41, 5.74) is 0.369. The van der Waals surface area contributed by atoms with Crippen molar-refractivity contribution in [2.45, 2.75) is 26.4 Å². The molecule has 0 aromatic carbocycles. The molecular weight excluding hydrogens is 144 g/mol. The molecule has 0 saturated carbocycles. The van der Waals surface area contributed by atoms with Crippen LogP contribution < -0.4 is 0 Å². The first-order chi connectivity index (χ1) is 5.07. The van der Waals surface area contributed by atoms with Gasteiger partial charge in [-0.05, 0) is 20.3 Å². The predicted molar refractivity (Wildman–Crippen MR) is 42.5 cm³/mol. The lowest BCUT2D eigenvalue weighted by Gasteiger charge is -2.04. The Morgan fingerprint density at radius 1 is 1.73 bits per heavy atom. The molecule has 1 atom stereocenters. The third kappa shape index (κ3) is 4.56. The zero-order valence-corrected chi connectivity index (χ0v) is 7.13. The number of rotatable bonds is 4. The minimum atomic E-state index is -0.867. The van der Waals surface area contributed by atoms with Crippen molar-refractivity contribution in [1.82, 2.24) is 0 Å². The number of ether oxygens (including phenoxy) is 1. The highest BCUT2D eigenvalue weighted by atomic mass is 16.5. The highest BCUT2D eigenvalue weighted by Gasteiger charge is 2.00. The zero-order valence-electron chi connectivity index (χ0n) is 7.13. The Hall–Kier alpha value is -0.830. The fraction of sp³-hybridized carbons (Fsp3) is 0.625. The van der Waals surface area contributed by atoms with Crippen molar-refractivity contribution in [3.8, 4) is 0 Å². The van der Waals surface area contributed by atoms with Crippen molar-refractivity contribution in [3.05, 3.63) is 11.6 Å². The second kappa shape index (κ2) is 4.91. The van der Waals surface area contributed by atoms with Gasteiger partial charge in [0, 0.05) is 12.7 Å². The van der Waals surface area contributed by atoms with Crippen molar-refractivity contribution < 1.29 is 14.6 Å². The Kier molecular flexibility index (Phi) is 4.54. The average Bonchev–Trinajstić information content (AvgIpc) is 1.99. The van der Waals surface area contributed by atoms with Gasteiger partial charge in [0.1, 0.15) is 0 Å². The molecular formula is C8H14O3. The number of hydrogen-bond acceptors (Lipinski definition) is 2. The van der Waals surface area contributed by atoms with Gasteiger partial charge >= 0.3 is 5.97 Å². The molecule has 0 aliphatic carbocycles. The molecule has 0 radical (unpaired) electrons. The molecule has 11 heavy (non-hydrogen) atoms. The molecule has 0 bridgehead atoms. The molecule has 1 N–H and O–H groups in total. The van der Waals surface area contributed by atoms with Crippen molar-refractivity contribution >= 4 is 5.97 Å². The lowest BCUT2D eigenvalue weighted by atomic mass is 10.2. The van der Waals surface area contributed by atoms with Gasteiger partial charge in [-0.25, -0.2) is 4.79 Å². The first-order valence-corrected chi connectivity index (χ1v) is 3.50. The molecule has 0 amide bonds. The maximum absolute atomic E-state index is 10.3. The molecule has 0 heterocycles. The van der Waals surface area contributed by atoms with Crippen LogP contribution >= 0.6 is 0 Å². The van der Waals surface area contributed by atoms with Crippen LogP contribution in [0.2, 0.25) is 0 Å². The van der Waals surface area contributed by atoms with E-state index in [9.17, 15) is 4.79 Å². The van der Waals surface area contributed by atoms with Gasteiger partial charge in [-0.1, -0.05) is 6.08 Å². The quantitative estimate of drug-likeness (QED) is 0.630. The summed E-state index contributed by atoms with van der Waals surface area (Å²) < 4.78 is 4.94. The first-order valence-electron chi connectivity index (χ1n) is 3.50. The summed E-state index contributed by atoms with van der Waals surface area (Å²) >= 11 is 0. The summed E-state index contributed by atoms with van der Waals surface area (Å²) in [7, 11) is 1.61. The number of carbonyl (C=O) groups is 1. The minimum Gasteiger partial charge on any atom is -0.478 e. The molecule has 0 aromatic heterocycles. The van der Waals surface area contributed by atoms with Gasteiger partial charge < -0.3 is 9.84 Å². The van der Waals surface area contributed by atoms with Crippen LogP contribution in [0, 0.1) is 0 Å². The van der Waals surface area contributed by atoms with Crippen molar-refractivity contribution in [1.29, 1.82) is 0 Å². The standard InChI is InChI=1S/C8H14O3/c1-6(8(9)10)4-5-7(2)11-3/h4,7H,5H2,1-3H3,(H,9,10). The SMILES string of the molecule is COC(C)CC=C(C)C(=O)O. The summed E-state index contributed by atoms with van der Waals surface area (Å²) in [4.78, 5) is 10.3. The van der Waals surface area contributed by atoms with Crippen LogP contribution in [0.3, 0.4) is 0 Å². The van der Waals surface area contributed by atoms with Gasteiger partial charge in [0.15, 0.2) is 0 Å². The van der Waals surface area contributed by atoms with Gasteiger partial charge in [0.05, 0.1) is 6.10 Å². The molecule has 0 fully saturated rings. The molecule has 0 aliphatic heterocycles. The van der Waals surface area contributed by atoms with Gasteiger partial charge in [-0.15, -0.1) is 0 Å². The van der Waals surface area contributed by atoms with E-state index in [0.717, 1.165) is 0 Å². The Bertz CT molecular complexity index is 161. The number of carboxylic acid groups (broad SMARTS) is 1. The van der Waals surface area contributed by atoms with Crippen molar-refractivity contribution in [2.24, 2.45) is 0 Å². The van der Waals surface area contributed by atoms with E-state index in [1.807, 2.05) is 6.92 Å². The van der Waals surface area contributed by atoms with Crippen LogP contribution in [0.25, 0.3) is 0 Å². The molecule has 0 spiro atoms. The number of carboxylic acids is 1. The van der Waals surface area contributed by atoms with E-state index in [1.165, 1.54) is 0 Å². The monoisotopic (exact) mass is 158 g/mol. The fourth-order valence-corrected chi connectivity index (χ4v) is 0.526. The molecule has 1 unspecified atom stereocenters. The molecule has 0 aliphatic rings. The highest BCUT2D eigenvalue weighted by Crippen LogP contribution is 2.01. The number of hydrogen-bond donors (Lipinski definition) is 1. The van der Waals surface area contributed by atoms with Crippen LogP contribution in [0.4, 0.5) is 0 Å². The predicted octanol–water partition coefficient (Wildman–Crippen LogP) is 1.44. The van der Waals surface area contributed by atoms with Crippen molar-refractivity contribution in [3.63, 3.8) is 0 Å². The summed E-state index contributed by atoms with van der Waals surface area (Å²) in [6.07, 6.45) is 2.40. The van der Waals surface area contributed by atoms with E-state index in [-0.39, 0.29) is 6.10 Å². The van der Waals surface area contributed by atoms with Crippen LogP contribution in [-0.4, -0.2) is 24.3 Å². The molecule has 3 heteroatoms. The number of aliphatic carboxylic acids is 1. The molecule has 0 rings (SSSR count). The minimum absolute atomic E-state index is 0.0873. The smallest absolute Gasteiger partial charge is 0.330 e. The Labute approximate surface area is 66.7 Å². The van der Waals surface area contributed by atoms with E-state index in [0.29, 0.717) is 12.0 Å². The van der Waals surface area contributed by atoms with Gasteiger partial charge in [0.2, 0.25) is 0 Å². The van der Waals surface area contributed by atoms with Crippen LogP contribution in [-0.2, 0) is 9.53 Å². The maximum Gasteiger partial charge on any atom is 0.330 e. The lowest BCUT2D eigenvalue weighted by molar-refractivity contribution is -0.132. The third-order valence-corrected chi connectivity index (χ3v) is 1.50. The second-order valence-electron chi connectivity index (χ2n) is 2.47. The van der Waals surface area contributed by atoms with Gasteiger partial charge in [-0.2, -0.15) is 0 Å². The van der Waals surface area contributed by atoms with E-state index >= 15 is 0 Å². The normalized spacial score (nSPS) is 14.6. The van der Waals surface area contributed by atoms with E-state index in [4.69, 9.17) is 9.84 Å². The van der Waals surface area contributed by atoms with Gasteiger partial charge in [-0.3, -0.25) is 0 Å². The van der Waals surface area contributed by atoms with Crippen LogP contribution in [0.1, 0.15) is 20.3 Å². The van der Waals surface area contributed by atoms with E-state index in [1.54, 1.807) is 20.1 Å². The molecule has 64 valence electrons. The zero-order chi connectivity index (χ0) is 8.85. The Balaban J connectivity index is 3.82. The second-order valence-corrected chi connectivity index (χ2v) is 2.47. The summed E-state index contributed by atoms with van der Waals surface area (Å²) in [6.45, 7) is 3.47. The number of methoxy groups -OCH3 is 1. The average molecular weight is 158 g/mol. The van der Waals surface area contributed by atoms with E-state index < -0.39 is 5.97 Å². The Morgan fingerprint density at radius 2 is 2.27 bits per heavy atom. The van der Waals surface area contributed by atoms with Crippen LogP contribution in [0.15, 0.2) is 11.6 Å². The summed E-state index contributed by atoms with van der Waals surface area (Å²) in [5, 5.41) is 8.46. The lowest BCUT2D eigenvalue weighted by Crippen LogP contribution is -2.04. The molecule has 3 nitrogen and oxygen atoms in total. The molecule has 0 aromatic rings. The largest absolute Gasteiger partial charge is 0.478 e. The highest BCUT2D eigenvalue weighted by molar-refractivity contribution is 5.85. The molecule has 0 saturated heterocycles. The first kappa shape index (κ1) is 10.2. The van der Waals surface area contributed by atoms with E-state index in [2.05, 4.69) is 0 Å². The third-order valence-electron chi connectivity index (χ3n) is 1.50. The maximum atomic E-state index is 10.3. The van der Waals surface area contributed by atoms with Crippen LogP contribution in [0.5, 0.6) is 0 Å². The van der Waals surface area contributed by atoms with Crippen molar-refractivity contribution in [2.75, 3.05) is 7.11 Å². The summed E-state index contributed by atoms with van der Waals surface area (Å²) in [6, 6.07) is 0. The Morgan fingerprint density at radius 3 is 2.64 bits per heavy atom. The fourth-order valence-electron chi connectivity index (χ4n) is 0.526. The summed E-state index contributed by atoms with van der Waals surface area (Å²) in [5.74, 6) is -0.867. The van der Waals surface area contributed by atoms with Gasteiger partial charge in [0.25, 0.3) is 0 Å².